The van der Waals surface area contributed by atoms with Gasteiger partial charge in [-0.25, -0.2) is 0 Å². The number of nitrogens with zero attached hydrogens (tertiary/aromatic N) is 1. The molecule has 0 aliphatic carbocycles. The maximum absolute atomic E-state index is 11.5. The van der Waals surface area contributed by atoms with Crippen LogP contribution in [0.1, 0.15) is 31.8 Å². The van der Waals surface area contributed by atoms with Crippen LogP contribution < -0.4 is 5.32 Å². The van der Waals surface area contributed by atoms with Gasteiger partial charge in [0, 0.05) is 5.56 Å². The number of hydrogen-bond acceptors (Lipinski definition) is 4. The third-order valence-electron chi connectivity index (χ3n) is 2.76. The number of halogens is 1. The number of amides is 2. The van der Waals surface area contributed by atoms with E-state index in [4.69, 9.17) is 11.6 Å². The van der Waals surface area contributed by atoms with E-state index in [0.717, 1.165) is 0 Å². The Labute approximate surface area is 101 Å². The van der Waals surface area contributed by atoms with E-state index in [1.807, 2.05) is 0 Å². The van der Waals surface area contributed by atoms with Gasteiger partial charge in [-0.1, -0.05) is 11.6 Å². The maximum atomic E-state index is 11.5. The summed E-state index contributed by atoms with van der Waals surface area (Å²) in [5.74, 6) is -1.19. The lowest BCUT2D eigenvalue weighted by atomic mass is 9.97. The average molecular weight is 255 g/mol. The van der Waals surface area contributed by atoms with Gasteiger partial charge in [0.2, 0.25) is 0 Å². The minimum atomic E-state index is -0.652. The molecule has 0 aromatic heterocycles. The van der Waals surface area contributed by atoms with Crippen molar-refractivity contribution in [1.82, 2.24) is 5.32 Å². The second-order valence-electron chi connectivity index (χ2n) is 3.70. The first-order valence-electron chi connectivity index (χ1n) is 4.69. The van der Waals surface area contributed by atoms with Crippen LogP contribution in [0, 0.1) is 24.0 Å². The van der Waals surface area contributed by atoms with E-state index in [9.17, 15) is 19.7 Å². The topological polar surface area (TPSA) is 89.3 Å². The molecule has 0 fully saturated rings. The Balaban J connectivity index is 2.94. The maximum Gasteiger partial charge on any atom is 0.291 e. The molecule has 17 heavy (non-hydrogen) atoms. The Kier molecular flexibility index (Phi) is 2.39. The molecule has 0 radical (unpaired) electrons. The van der Waals surface area contributed by atoms with Crippen molar-refractivity contribution in [2.24, 2.45) is 0 Å². The molecule has 0 bridgehead atoms. The molecule has 1 aromatic carbocycles. The first kappa shape index (κ1) is 11.5. The van der Waals surface area contributed by atoms with Gasteiger partial charge in [-0.15, -0.1) is 0 Å². The van der Waals surface area contributed by atoms with Gasteiger partial charge in [-0.2, -0.15) is 0 Å². The summed E-state index contributed by atoms with van der Waals surface area (Å²) in [6, 6.07) is 0. The summed E-state index contributed by atoms with van der Waals surface area (Å²) in [5.41, 5.74) is 0.214. The van der Waals surface area contributed by atoms with E-state index in [2.05, 4.69) is 5.32 Å². The lowest BCUT2D eigenvalue weighted by Crippen LogP contribution is -2.20. The van der Waals surface area contributed by atoms with Crippen LogP contribution in [-0.2, 0) is 0 Å². The van der Waals surface area contributed by atoms with Gasteiger partial charge in [0.25, 0.3) is 17.5 Å². The van der Waals surface area contributed by atoms with Crippen molar-refractivity contribution in [2.75, 3.05) is 0 Å². The fourth-order valence-electron chi connectivity index (χ4n) is 1.96. The number of carbonyl (C=O) groups excluding carboxylic acids is 2. The van der Waals surface area contributed by atoms with Gasteiger partial charge >= 0.3 is 0 Å². The molecule has 0 saturated carbocycles. The lowest BCUT2D eigenvalue weighted by molar-refractivity contribution is -0.385. The summed E-state index contributed by atoms with van der Waals surface area (Å²) >= 11 is 5.86. The largest absolute Gasteiger partial charge is 0.291 e. The Morgan fingerprint density at radius 1 is 1.12 bits per heavy atom. The number of nitrogens with one attached hydrogen (secondary N) is 1. The average Bonchev–Trinajstić information content (AvgIpc) is 2.50. The third kappa shape index (κ3) is 1.41. The molecule has 1 heterocycles. The van der Waals surface area contributed by atoms with Crippen LogP contribution in [0.4, 0.5) is 5.69 Å². The van der Waals surface area contributed by atoms with Crippen LogP contribution >= 0.6 is 11.6 Å². The van der Waals surface area contributed by atoms with E-state index >= 15 is 0 Å². The van der Waals surface area contributed by atoms with E-state index in [0.29, 0.717) is 0 Å². The predicted molar refractivity (Wildman–Crippen MR) is 59.4 cm³/mol. The molecule has 0 saturated heterocycles. The molecule has 1 N–H and O–H groups in total. The predicted octanol–water partition coefficient (Wildman–Crippen LogP) is 1.75. The highest BCUT2D eigenvalue weighted by Crippen LogP contribution is 2.38. The zero-order valence-electron chi connectivity index (χ0n) is 8.96. The quantitative estimate of drug-likeness (QED) is 0.470. The molecule has 1 aliphatic heterocycles. The standard InChI is InChI=1S/C10H7ClN2O4/c1-3-5-6(10(15)12-9(5)14)4(2)8(7(3)11)13(16)17/h1-2H3,(H,12,14,15). The Hall–Kier alpha value is -1.95. The number of rotatable bonds is 1. The third-order valence-corrected chi connectivity index (χ3v) is 3.22. The zero-order valence-corrected chi connectivity index (χ0v) is 9.71. The minimum absolute atomic E-state index is 0.0450. The summed E-state index contributed by atoms with van der Waals surface area (Å²) in [7, 11) is 0. The van der Waals surface area contributed by atoms with Crippen LogP contribution in [0.25, 0.3) is 0 Å². The lowest BCUT2D eigenvalue weighted by Gasteiger charge is -2.07. The molecule has 2 amide bonds. The first-order chi connectivity index (χ1) is 7.86. The highest BCUT2D eigenvalue weighted by molar-refractivity contribution is 6.35. The fraction of sp³-hybridized carbons (Fsp3) is 0.200. The number of imide groups is 1. The number of hydrogen-bond donors (Lipinski definition) is 1. The van der Waals surface area contributed by atoms with Crippen molar-refractivity contribution < 1.29 is 14.5 Å². The summed E-state index contributed by atoms with van der Waals surface area (Å²) in [5, 5.41) is 12.9. The normalized spacial score (nSPS) is 13.6. The van der Waals surface area contributed by atoms with Crippen LogP contribution in [0.5, 0.6) is 0 Å². The molecule has 0 unspecified atom stereocenters. The van der Waals surface area contributed by atoms with Gasteiger partial charge < -0.3 is 0 Å². The second-order valence-corrected chi connectivity index (χ2v) is 4.08. The van der Waals surface area contributed by atoms with Crippen LogP contribution in [0.15, 0.2) is 0 Å². The molecule has 0 spiro atoms. The first-order valence-corrected chi connectivity index (χ1v) is 5.06. The van der Waals surface area contributed by atoms with Crippen molar-refractivity contribution >= 4 is 29.1 Å². The highest BCUT2D eigenvalue weighted by Gasteiger charge is 2.36. The van der Waals surface area contributed by atoms with Gasteiger partial charge in [-0.3, -0.25) is 25.0 Å². The number of fused-ring (bicyclic) bond motifs is 1. The number of nitro groups is 1. The van der Waals surface area contributed by atoms with E-state index < -0.39 is 16.7 Å². The molecule has 2 rings (SSSR count). The summed E-state index contributed by atoms with van der Waals surface area (Å²) < 4.78 is 0. The molecular formula is C10H7ClN2O4. The molecule has 6 nitrogen and oxygen atoms in total. The molecule has 0 atom stereocenters. The molecule has 88 valence electrons. The monoisotopic (exact) mass is 254 g/mol. The Morgan fingerprint density at radius 2 is 1.59 bits per heavy atom. The Morgan fingerprint density at radius 3 is 2.06 bits per heavy atom. The van der Waals surface area contributed by atoms with Crippen LogP contribution in [-0.4, -0.2) is 16.7 Å². The molecular weight excluding hydrogens is 248 g/mol. The number of nitro benzene ring substituents is 1. The number of carbonyl (C=O) groups is 2. The molecule has 1 aromatic rings. The van der Waals surface area contributed by atoms with Crippen molar-refractivity contribution in [3.8, 4) is 0 Å². The fourth-order valence-corrected chi connectivity index (χ4v) is 2.26. The van der Waals surface area contributed by atoms with Crippen molar-refractivity contribution in [3.63, 3.8) is 0 Å². The SMILES string of the molecule is Cc1c(Cl)c([N+](=O)[O-])c(C)c2c1C(=O)NC2=O. The van der Waals surface area contributed by atoms with Gasteiger partial charge in [0.05, 0.1) is 16.1 Å². The molecule has 1 aliphatic rings. The van der Waals surface area contributed by atoms with E-state index in [1.165, 1.54) is 13.8 Å². The van der Waals surface area contributed by atoms with E-state index in [1.54, 1.807) is 0 Å². The summed E-state index contributed by atoms with van der Waals surface area (Å²) in [6.45, 7) is 2.88. The van der Waals surface area contributed by atoms with Gasteiger partial charge in [0.15, 0.2) is 0 Å². The number of benzene rings is 1. The molecule has 7 heteroatoms. The van der Waals surface area contributed by atoms with Crippen molar-refractivity contribution in [2.45, 2.75) is 13.8 Å². The highest BCUT2D eigenvalue weighted by atomic mass is 35.5. The smallest absolute Gasteiger partial charge is 0.288 e. The minimum Gasteiger partial charge on any atom is -0.288 e. The van der Waals surface area contributed by atoms with Gasteiger partial charge in [0.1, 0.15) is 5.02 Å². The van der Waals surface area contributed by atoms with Crippen LogP contribution in [0.2, 0.25) is 5.02 Å². The van der Waals surface area contributed by atoms with E-state index in [-0.39, 0.29) is 33.0 Å². The Bertz CT molecular complexity index is 595. The van der Waals surface area contributed by atoms with Crippen molar-refractivity contribution in [1.29, 1.82) is 0 Å². The summed E-state index contributed by atoms with van der Waals surface area (Å²) in [4.78, 5) is 33.3. The van der Waals surface area contributed by atoms with Crippen LogP contribution in [0.3, 0.4) is 0 Å². The second kappa shape index (κ2) is 3.53. The zero-order chi connectivity index (χ0) is 12.9. The summed E-state index contributed by atoms with van der Waals surface area (Å²) in [6.07, 6.45) is 0. The van der Waals surface area contributed by atoms with Crippen molar-refractivity contribution in [3.05, 3.63) is 37.4 Å². The van der Waals surface area contributed by atoms with Gasteiger partial charge in [-0.05, 0) is 19.4 Å².